The van der Waals surface area contributed by atoms with E-state index in [0.717, 1.165) is 67.3 Å². The van der Waals surface area contributed by atoms with Gasteiger partial charge in [-0.05, 0) is 82.2 Å². The van der Waals surface area contributed by atoms with Crippen LogP contribution < -0.4 is 15.1 Å². The van der Waals surface area contributed by atoms with E-state index in [2.05, 4.69) is 15.2 Å². The molecular weight excluding hydrogens is 567 g/mol. The van der Waals surface area contributed by atoms with Crippen molar-refractivity contribution in [1.82, 2.24) is 19.9 Å². The van der Waals surface area contributed by atoms with Crippen molar-refractivity contribution in [1.29, 1.82) is 0 Å². The van der Waals surface area contributed by atoms with Crippen LogP contribution in [0, 0.1) is 0 Å². The molecule has 1 saturated heterocycles. The molecule has 2 aliphatic heterocycles. The minimum absolute atomic E-state index is 0.0459. The van der Waals surface area contributed by atoms with Gasteiger partial charge >= 0.3 is 6.18 Å². The second kappa shape index (κ2) is 12.2. The van der Waals surface area contributed by atoms with Crippen LogP contribution in [0.25, 0.3) is 0 Å². The summed E-state index contributed by atoms with van der Waals surface area (Å²) in [5, 5.41) is 3.52. The maximum absolute atomic E-state index is 13.8. The van der Waals surface area contributed by atoms with Gasteiger partial charge in [0.2, 0.25) is 11.9 Å². The lowest BCUT2D eigenvalue weighted by molar-refractivity contribution is -0.137. The van der Waals surface area contributed by atoms with Crippen molar-refractivity contribution in [2.75, 3.05) is 54.4 Å². The molecule has 3 aliphatic rings. The number of benzene rings is 1. The minimum atomic E-state index is -4.49. The number of aromatic nitrogens is 3. The van der Waals surface area contributed by atoms with Crippen LogP contribution in [0.2, 0.25) is 0 Å². The Morgan fingerprint density at radius 1 is 0.932 bits per heavy atom. The van der Waals surface area contributed by atoms with Crippen molar-refractivity contribution >= 4 is 29.2 Å². The molecule has 0 radical (unpaired) electrons. The van der Waals surface area contributed by atoms with E-state index >= 15 is 0 Å². The molecule has 44 heavy (non-hydrogen) atoms. The van der Waals surface area contributed by atoms with E-state index in [0.29, 0.717) is 50.8 Å². The predicted octanol–water partition coefficient (Wildman–Crippen LogP) is 6.13. The lowest BCUT2D eigenvalue weighted by Crippen LogP contribution is -2.39. The third-order valence-electron chi connectivity index (χ3n) is 9.27. The van der Waals surface area contributed by atoms with Gasteiger partial charge in [0, 0.05) is 63.1 Å². The van der Waals surface area contributed by atoms with E-state index in [1.165, 1.54) is 18.7 Å². The van der Waals surface area contributed by atoms with Crippen molar-refractivity contribution in [3.05, 3.63) is 65.0 Å². The van der Waals surface area contributed by atoms with Gasteiger partial charge in [-0.1, -0.05) is 12.1 Å². The summed E-state index contributed by atoms with van der Waals surface area (Å²) in [6.07, 6.45) is 2.93. The maximum Gasteiger partial charge on any atom is 0.419 e. The number of piperidine rings is 1. The zero-order valence-electron chi connectivity index (χ0n) is 25.5. The fourth-order valence-electron chi connectivity index (χ4n) is 6.58. The standard InChI is InChI=1S/C33H40F3N7O/c1-3-41(4-2)30(44)32(16-17-32)23-10-12-24(13-11-23)38-28-25-14-21-42(29-26(33(34,35)36)9-8-18-37-29)22-15-27(25)39-31(40-28)43-19-6-5-7-20-43/h8-13,18H,3-7,14-17,19-22H2,1-2H3,(H,38,39,40). The van der Waals surface area contributed by atoms with Gasteiger partial charge in [0.05, 0.1) is 16.7 Å². The lowest BCUT2D eigenvalue weighted by Gasteiger charge is -2.28. The molecule has 1 saturated carbocycles. The number of fused-ring (bicyclic) bond motifs is 1. The van der Waals surface area contributed by atoms with Crippen LogP contribution in [0.5, 0.6) is 0 Å². The van der Waals surface area contributed by atoms with Crippen molar-refractivity contribution in [3.8, 4) is 0 Å². The summed E-state index contributed by atoms with van der Waals surface area (Å²) in [5.74, 6) is 1.49. The minimum Gasteiger partial charge on any atom is -0.355 e. The van der Waals surface area contributed by atoms with Gasteiger partial charge in [-0.3, -0.25) is 4.79 Å². The van der Waals surface area contributed by atoms with Gasteiger partial charge in [-0.2, -0.15) is 18.2 Å². The summed E-state index contributed by atoms with van der Waals surface area (Å²) in [6.45, 7) is 7.92. The number of halogens is 3. The second-order valence-corrected chi connectivity index (χ2v) is 12.0. The summed E-state index contributed by atoms with van der Waals surface area (Å²) in [4.78, 5) is 33.2. The van der Waals surface area contributed by atoms with Crippen molar-refractivity contribution in [2.45, 2.75) is 70.4 Å². The predicted molar refractivity (Wildman–Crippen MR) is 166 cm³/mol. The molecule has 3 aromatic rings. The Morgan fingerprint density at radius 2 is 1.64 bits per heavy atom. The Morgan fingerprint density at radius 3 is 2.30 bits per heavy atom. The molecule has 1 aliphatic carbocycles. The molecule has 0 bridgehead atoms. The molecular formula is C33H40F3N7O. The second-order valence-electron chi connectivity index (χ2n) is 12.0. The number of amides is 1. The highest BCUT2D eigenvalue weighted by Crippen LogP contribution is 2.50. The van der Waals surface area contributed by atoms with Gasteiger partial charge in [-0.25, -0.2) is 9.97 Å². The maximum atomic E-state index is 13.8. The van der Waals surface area contributed by atoms with E-state index in [4.69, 9.17) is 9.97 Å². The SMILES string of the molecule is CCN(CC)C(=O)C1(c2ccc(Nc3nc(N4CCCCC4)nc4c3CCN(c3ncccc3C(F)(F)F)CC4)cc2)CC1. The Balaban J connectivity index is 1.29. The largest absolute Gasteiger partial charge is 0.419 e. The van der Waals surface area contributed by atoms with E-state index < -0.39 is 17.2 Å². The van der Waals surface area contributed by atoms with Gasteiger partial charge in [-0.15, -0.1) is 0 Å². The highest BCUT2D eigenvalue weighted by Gasteiger charge is 2.52. The highest BCUT2D eigenvalue weighted by molar-refractivity contribution is 5.91. The number of anilines is 4. The Kier molecular flexibility index (Phi) is 8.39. The molecule has 0 unspecified atom stereocenters. The molecule has 1 amide bonds. The third-order valence-corrected chi connectivity index (χ3v) is 9.27. The summed E-state index contributed by atoms with van der Waals surface area (Å²) >= 11 is 0. The van der Waals surface area contributed by atoms with E-state index in [-0.39, 0.29) is 11.7 Å². The molecule has 8 nitrogen and oxygen atoms in total. The van der Waals surface area contributed by atoms with Crippen LogP contribution >= 0.6 is 0 Å². The zero-order chi connectivity index (χ0) is 30.9. The smallest absolute Gasteiger partial charge is 0.355 e. The highest BCUT2D eigenvalue weighted by atomic mass is 19.4. The fraction of sp³-hybridized carbons (Fsp3) is 0.515. The number of pyridine rings is 1. The third kappa shape index (κ3) is 5.93. The average molecular weight is 608 g/mol. The van der Waals surface area contributed by atoms with Crippen molar-refractivity contribution in [2.24, 2.45) is 0 Å². The Hall–Kier alpha value is -3.89. The molecule has 2 aromatic heterocycles. The van der Waals surface area contributed by atoms with E-state index in [9.17, 15) is 18.0 Å². The number of carbonyl (C=O) groups excluding carboxylic acids is 1. The van der Waals surface area contributed by atoms with Gasteiger partial charge < -0.3 is 20.0 Å². The number of hydrogen-bond donors (Lipinski definition) is 1. The summed E-state index contributed by atoms with van der Waals surface area (Å²) in [6, 6.07) is 10.5. The number of carbonyl (C=O) groups is 1. The number of nitrogens with one attached hydrogen (secondary N) is 1. The number of likely N-dealkylation sites (N-methyl/N-ethyl adjacent to an activating group) is 1. The Labute approximate surface area is 256 Å². The Bertz CT molecular complexity index is 1480. The number of alkyl halides is 3. The van der Waals surface area contributed by atoms with Crippen molar-refractivity contribution in [3.63, 3.8) is 0 Å². The summed E-state index contributed by atoms with van der Waals surface area (Å²) in [5.41, 5.74) is 2.49. The van der Waals surface area contributed by atoms with Gasteiger partial charge in [0.1, 0.15) is 11.6 Å². The first-order valence-electron chi connectivity index (χ1n) is 15.8. The molecule has 2 fully saturated rings. The summed E-state index contributed by atoms with van der Waals surface area (Å²) < 4.78 is 41.5. The molecule has 11 heteroatoms. The monoisotopic (exact) mass is 607 g/mol. The van der Waals surface area contributed by atoms with Crippen LogP contribution in [-0.4, -0.2) is 65.0 Å². The first-order chi connectivity index (χ1) is 21.2. The van der Waals surface area contributed by atoms with Gasteiger partial charge in [0.25, 0.3) is 0 Å². The quantitative estimate of drug-likeness (QED) is 0.330. The molecule has 4 heterocycles. The van der Waals surface area contributed by atoms with Crippen LogP contribution in [0.15, 0.2) is 42.6 Å². The fourth-order valence-corrected chi connectivity index (χ4v) is 6.58. The molecule has 0 atom stereocenters. The molecule has 1 aromatic carbocycles. The average Bonchev–Trinajstić information content (AvgIpc) is 3.87. The topological polar surface area (TPSA) is 77.5 Å². The first kappa shape index (κ1) is 30.1. The molecule has 0 spiro atoms. The zero-order valence-corrected chi connectivity index (χ0v) is 25.5. The lowest BCUT2D eigenvalue weighted by atomic mass is 9.94. The van der Waals surface area contributed by atoms with Crippen LogP contribution in [0.1, 0.15) is 68.3 Å². The van der Waals surface area contributed by atoms with Crippen LogP contribution in [-0.2, 0) is 29.2 Å². The number of hydrogen-bond acceptors (Lipinski definition) is 7. The molecule has 234 valence electrons. The van der Waals surface area contributed by atoms with E-state index in [1.54, 1.807) is 4.90 Å². The summed E-state index contributed by atoms with van der Waals surface area (Å²) in [7, 11) is 0. The van der Waals surface area contributed by atoms with Crippen molar-refractivity contribution < 1.29 is 18.0 Å². The number of rotatable bonds is 8. The van der Waals surface area contributed by atoms with Gasteiger partial charge in [0.15, 0.2) is 0 Å². The first-order valence-corrected chi connectivity index (χ1v) is 15.8. The van der Waals surface area contributed by atoms with E-state index in [1.807, 2.05) is 43.0 Å². The van der Waals surface area contributed by atoms with Crippen LogP contribution in [0.4, 0.5) is 36.4 Å². The normalized spacial score (nSPS) is 17.9. The number of nitrogens with zero attached hydrogens (tertiary/aromatic N) is 6. The van der Waals surface area contributed by atoms with Crippen LogP contribution in [0.3, 0.4) is 0 Å². The molecule has 1 N–H and O–H groups in total. The molecule has 6 rings (SSSR count).